The lowest BCUT2D eigenvalue weighted by Gasteiger charge is -1.98. The molecule has 0 aliphatic rings. The number of para-hydroxylation sites is 1. The van der Waals surface area contributed by atoms with Crippen LogP contribution in [0, 0.1) is 0 Å². The summed E-state index contributed by atoms with van der Waals surface area (Å²) in [5.74, 6) is 0.757. The fourth-order valence-electron chi connectivity index (χ4n) is 1.83. The lowest BCUT2D eigenvalue weighted by molar-refractivity contribution is 0.607. The average Bonchev–Trinajstić information content (AvgIpc) is 2.82. The van der Waals surface area contributed by atoms with Crippen LogP contribution < -0.4 is 0 Å². The van der Waals surface area contributed by atoms with Crippen LogP contribution >= 0.6 is 12.2 Å². The van der Waals surface area contributed by atoms with E-state index < -0.39 is 0 Å². The smallest absolute Gasteiger partial charge is 0.146 e. The van der Waals surface area contributed by atoms with E-state index in [4.69, 9.17) is 16.6 Å². The maximum atomic E-state index is 5.74. The Balaban J connectivity index is 2.07. The number of rotatable bonds is 2. The molecule has 82 valence electrons. The summed E-state index contributed by atoms with van der Waals surface area (Å²) in [6, 6.07) is 19.8. The van der Waals surface area contributed by atoms with Gasteiger partial charge in [0, 0.05) is 5.39 Å². The molecule has 0 amide bonds. The van der Waals surface area contributed by atoms with E-state index in [1.807, 2.05) is 60.7 Å². The largest absolute Gasteiger partial charge is 0.455 e. The first-order valence-electron chi connectivity index (χ1n) is 5.43. The molecule has 0 bridgehead atoms. The van der Waals surface area contributed by atoms with Crippen molar-refractivity contribution in [3.05, 3.63) is 72.0 Å². The zero-order chi connectivity index (χ0) is 11.7. The first-order valence-corrected chi connectivity index (χ1v) is 5.84. The zero-order valence-electron chi connectivity index (χ0n) is 9.09. The summed E-state index contributed by atoms with van der Waals surface area (Å²) < 4.78 is 5.74. The van der Waals surface area contributed by atoms with Gasteiger partial charge in [-0.2, -0.15) is 0 Å². The molecule has 0 radical (unpaired) electrons. The van der Waals surface area contributed by atoms with Crippen molar-refractivity contribution in [1.29, 1.82) is 0 Å². The van der Waals surface area contributed by atoms with Crippen LogP contribution in [0.3, 0.4) is 0 Å². The quantitative estimate of drug-likeness (QED) is 0.490. The van der Waals surface area contributed by atoms with Gasteiger partial charge in [-0.3, -0.25) is 0 Å². The van der Waals surface area contributed by atoms with Crippen LogP contribution in [0.15, 0.2) is 65.1 Å². The van der Waals surface area contributed by atoms with Crippen molar-refractivity contribution in [3.8, 4) is 0 Å². The molecule has 0 N–H and O–H groups in total. The third kappa shape index (κ3) is 1.87. The molecule has 2 heteroatoms. The first kappa shape index (κ1) is 10.2. The predicted molar refractivity (Wildman–Crippen MR) is 73.5 cm³/mol. The van der Waals surface area contributed by atoms with Crippen LogP contribution in [0.5, 0.6) is 0 Å². The molecule has 0 aliphatic heterocycles. The van der Waals surface area contributed by atoms with Gasteiger partial charge in [0.05, 0.1) is 4.86 Å². The Kier molecular flexibility index (Phi) is 2.50. The van der Waals surface area contributed by atoms with Crippen molar-refractivity contribution in [2.24, 2.45) is 0 Å². The molecule has 1 aromatic heterocycles. The minimum Gasteiger partial charge on any atom is -0.455 e. The Hall–Kier alpha value is -1.93. The van der Waals surface area contributed by atoms with E-state index in [1.54, 1.807) is 0 Å². The highest BCUT2D eigenvalue weighted by atomic mass is 32.1. The van der Waals surface area contributed by atoms with Gasteiger partial charge in [0.1, 0.15) is 11.3 Å². The monoisotopic (exact) mass is 238 g/mol. The molecule has 3 aromatic rings. The second-order valence-electron chi connectivity index (χ2n) is 3.84. The fraction of sp³-hybridized carbons (Fsp3) is 0. The standard InChI is InChI=1S/C15H10OS/c17-15(11-6-2-1-3-7-11)14-10-12-8-4-5-9-13(12)16-14/h1-10H. The Morgan fingerprint density at radius 1 is 0.882 bits per heavy atom. The van der Waals surface area contributed by atoms with Gasteiger partial charge in [0.25, 0.3) is 0 Å². The molecular formula is C15H10OS. The molecule has 0 fully saturated rings. The molecule has 0 atom stereocenters. The van der Waals surface area contributed by atoms with E-state index in [-0.39, 0.29) is 0 Å². The van der Waals surface area contributed by atoms with Gasteiger partial charge in [-0.1, -0.05) is 60.7 Å². The number of hydrogen-bond donors (Lipinski definition) is 0. The van der Waals surface area contributed by atoms with Gasteiger partial charge >= 0.3 is 0 Å². The molecular weight excluding hydrogens is 228 g/mol. The van der Waals surface area contributed by atoms with Crippen LogP contribution in [0.4, 0.5) is 0 Å². The highest BCUT2D eigenvalue weighted by Crippen LogP contribution is 2.21. The topological polar surface area (TPSA) is 13.1 Å². The molecule has 1 nitrogen and oxygen atoms in total. The van der Waals surface area contributed by atoms with Crippen LogP contribution in [-0.2, 0) is 0 Å². The van der Waals surface area contributed by atoms with Gasteiger partial charge < -0.3 is 4.42 Å². The van der Waals surface area contributed by atoms with Crippen LogP contribution in [0.2, 0.25) is 0 Å². The Morgan fingerprint density at radius 2 is 1.59 bits per heavy atom. The summed E-state index contributed by atoms with van der Waals surface area (Å²) in [4.78, 5) is 0.752. The summed E-state index contributed by atoms with van der Waals surface area (Å²) in [5.41, 5.74) is 1.89. The molecule has 17 heavy (non-hydrogen) atoms. The van der Waals surface area contributed by atoms with Crippen molar-refractivity contribution in [1.82, 2.24) is 0 Å². The second kappa shape index (κ2) is 4.15. The van der Waals surface area contributed by atoms with Gasteiger partial charge in [-0.05, 0) is 17.7 Å². The Bertz CT molecular complexity index is 634. The summed E-state index contributed by atoms with van der Waals surface area (Å²) >= 11 is 5.43. The predicted octanol–water partition coefficient (Wildman–Crippen LogP) is 4.20. The van der Waals surface area contributed by atoms with Crippen molar-refractivity contribution in [2.75, 3.05) is 0 Å². The molecule has 0 unspecified atom stereocenters. The Morgan fingerprint density at radius 3 is 2.35 bits per heavy atom. The summed E-state index contributed by atoms with van der Waals surface area (Å²) in [6.07, 6.45) is 0. The molecule has 0 spiro atoms. The van der Waals surface area contributed by atoms with E-state index in [0.717, 1.165) is 27.2 Å². The summed E-state index contributed by atoms with van der Waals surface area (Å²) in [6.45, 7) is 0. The molecule has 2 aromatic carbocycles. The number of benzene rings is 2. The van der Waals surface area contributed by atoms with Gasteiger partial charge in [-0.25, -0.2) is 0 Å². The van der Waals surface area contributed by atoms with E-state index >= 15 is 0 Å². The summed E-state index contributed by atoms with van der Waals surface area (Å²) in [7, 11) is 0. The van der Waals surface area contributed by atoms with Gasteiger partial charge in [0.2, 0.25) is 0 Å². The lowest BCUT2D eigenvalue weighted by Crippen LogP contribution is -1.96. The van der Waals surface area contributed by atoms with E-state index in [1.165, 1.54) is 0 Å². The van der Waals surface area contributed by atoms with Crippen LogP contribution in [0.25, 0.3) is 11.0 Å². The molecule has 3 rings (SSSR count). The molecule has 1 heterocycles. The maximum Gasteiger partial charge on any atom is 0.146 e. The lowest BCUT2D eigenvalue weighted by atomic mass is 10.1. The molecule has 0 saturated heterocycles. The number of hydrogen-bond acceptors (Lipinski definition) is 2. The SMILES string of the molecule is S=C(c1ccccc1)c1cc2ccccc2o1. The minimum atomic E-state index is 0.752. The fourth-order valence-corrected chi connectivity index (χ4v) is 2.06. The average molecular weight is 238 g/mol. The maximum absolute atomic E-state index is 5.74. The highest BCUT2D eigenvalue weighted by molar-refractivity contribution is 7.81. The third-order valence-corrected chi connectivity index (χ3v) is 3.12. The highest BCUT2D eigenvalue weighted by Gasteiger charge is 2.09. The number of fused-ring (bicyclic) bond motifs is 1. The van der Waals surface area contributed by atoms with Crippen molar-refractivity contribution in [2.45, 2.75) is 0 Å². The van der Waals surface area contributed by atoms with Gasteiger partial charge in [0.15, 0.2) is 0 Å². The minimum absolute atomic E-state index is 0.752. The van der Waals surface area contributed by atoms with E-state index in [0.29, 0.717) is 0 Å². The number of thiocarbonyl (C=S) groups is 1. The van der Waals surface area contributed by atoms with Crippen molar-refractivity contribution >= 4 is 28.1 Å². The van der Waals surface area contributed by atoms with E-state index in [9.17, 15) is 0 Å². The first-order chi connectivity index (χ1) is 8.34. The van der Waals surface area contributed by atoms with Crippen LogP contribution in [-0.4, -0.2) is 4.86 Å². The van der Waals surface area contributed by atoms with Crippen molar-refractivity contribution in [3.63, 3.8) is 0 Å². The zero-order valence-corrected chi connectivity index (χ0v) is 9.91. The summed E-state index contributed by atoms with van der Waals surface area (Å²) in [5, 5.41) is 1.08. The van der Waals surface area contributed by atoms with Crippen LogP contribution in [0.1, 0.15) is 11.3 Å². The van der Waals surface area contributed by atoms with Gasteiger partial charge in [-0.15, -0.1) is 0 Å². The second-order valence-corrected chi connectivity index (χ2v) is 4.25. The Labute approximate surface area is 105 Å². The molecule has 0 saturated carbocycles. The van der Waals surface area contributed by atoms with E-state index in [2.05, 4.69) is 0 Å². The molecule has 0 aliphatic carbocycles. The third-order valence-electron chi connectivity index (χ3n) is 2.69. The van der Waals surface area contributed by atoms with Crippen molar-refractivity contribution < 1.29 is 4.42 Å². The normalized spacial score (nSPS) is 10.6. The number of furan rings is 1.